The Morgan fingerprint density at radius 3 is 2.30 bits per heavy atom. The maximum absolute atomic E-state index is 5.90. The highest BCUT2D eigenvalue weighted by Crippen LogP contribution is 2.23. The Bertz CT molecular complexity index is 496. The molecule has 0 unspecified atom stereocenters. The van der Waals surface area contributed by atoms with E-state index in [9.17, 15) is 0 Å². The van der Waals surface area contributed by atoms with E-state index in [1.807, 2.05) is 19.0 Å². The zero-order chi connectivity index (χ0) is 15.9. The number of benzene rings is 1. The van der Waals surface area contributed by atoms with Crippen LogP contribution in [0.15, 0.2) is 29.3 Å². The van der Waals surface area contributed by atoms with Crippen LogP contribution in [0.3, 0.4) is 0 Å². The zero-order valence-corrected chi connectivity index (χ0v) is 17.0. The van der Waals surface area contributed by atoms with Crippen LogP contribution in [0.25, 0.3) is 0 Å². The second-order valence-corrected chi connectivity index (χ2v) is 6.54. The van der Waals surface area contributed by atoms with Crippen LogP contribution in [-0.2, 0) is 13.1 Å². The van der Waals surface area contributed by atoms with Gasteiger partial charge in [-0.25, -0.2) is 4.99 Å². The third-order valence-corrected chi connectivity index (χ3v) is 4.61. The average Bonchev–Trinajstić information content (AvgIpc) is 2.54. The number of hydrogen-bond acceptors (Lipinski definition) is 2. The van der Waals surface area contributed by atoms with Gasteiger partial charge in [0.05, 0.1) is 6.54 Å². The Balaban J connectivity index is 0.00000264. The topological polar surface area (TPSA) is 44.9 Å². The number of nitrogens with zero attached hydrogens (tertiary/aromatic N) is 3. The molecule has 0 heterocycles. The molecule has 1 aromatic rings. The highest BCUT2D eigenvalue weighted by atomic mass is 127. The Morgan fingerprint density at radius 1 is 1.09 bits per heavy atom. The van der Waals surface area contributed by atoms with E-state index in [2.05, 4.69) is 41.2 Å². The lowest BCUT2D eigenvalue weighted by Crippen LogP contribution is -2.33. The minimum Gasteiger partial charge on any atom is -0.370 e. The Kier molecular flexibility index (Phi) is 8.91. The molecule has 1 fully saturated rings. The molecule has 1 aliphatic rings. The highest BCUT2D eigenvalue weighted by molar-refractivity contribution is 14.0. The van der Waals surface area contributed by atoms with Crippen LogP contribution in [0.5, 0.6) is 0 Å². The molecule has 0 spiro atoms. The van der Waals surface area contributed by atoms with Gasteiger partial charge in [0, 0.05) is 26.7 Å². The number of rotatable bonds is 5. The first kappa shape index (κ1) is 20.2. The summed E-state index contributed by atoms with van der Waals surface area (Å²) in [6.07, 6.45) is 6.83. The predicted molar refractivity (Wildman–Crippen MR) is 109 cm³/mol. The molecule has 23 heavy (non-hydrogen) atoms. The standard InChI is InChI=1S/C18H30N4.HI/c1-21(2)18(19)20-13-15-9-7-8-10-16(15)14-22(3)17-11-5-4-6-12-17;/h7-10,17H,4-6,11-14H2,1-3H3,(H2,19,20);1H. The molecule has 130 valence electrons. The molecule has 1 saturated carbocycles. The van der Waals surface area contributed by atoms with Gasteiger partial charge in [-0.3, -0.25) is 4.90 Å². The van der Waals surface area contributed by atoms with E-state index in [4.69, 9.17) is 5.73 Å². The van der Waals surface area contributed by atoms with Crippen molar-refractivity contribution in [3.8, 4) is 0 Å². The molecule has 5 heteroatoms. The quantitative estimate of drug-likeness (QED) is 0.442. The first-order valence-electron chi connectivity index (χ1n) is 8.32. The Morgan fingerprint density at radius 2 is 1.70 bits per heavy atom. The van der Waals surface area contributed by atoms with Crippen molar-refractivity contribution >= 4 is 29.9 Å². The summed E-state index contributed by atoms with van der Waals surface area (Å²) < 4.78 is 0. The zero-order valence-electron chi connectivity index (χ0n) is 14.7. The molecule has 1 aliphatic carbocycles. The van der Waals surface area contributed by atoms with Crippen LogP contribution >= 0.6 is 24.0 Å². The molecule has 0 radical (unpaired) electrons. The van der Waals surface area contributed by atoms with Crippen molar-refractivity contribution in [3.63, 3.8) is 0 Å². The Labute approximate surface area is 158 Å². The second-order valence-electron chi connectivity index (χ2n) is 6.54. The van der Waals surface area contributed by atoms with Crippen molar-refractivity contribution in [2.24, 2.45) is 10.7 Å². The van der Waals surface area contributed by atoms with Crippen molar-refractivity contribution in [2.75, 3.05) is 21.1 Å². The third-order valence-electron chi connectivity index (χ3n) is 4.61. The van der Waals surface area contributed by atoms with Gasteiger partial charge in [-0.15, -0.1) is 24.0 Å². The summed E-state index contributed by atoms with van der Waals surface area (Å²) in [7, 11) is 6.09. The van der Waals surface area contributed by atoms with Crippen molar-refractivity contribution in [1.29, 1.82) is 0 Å². The SMILES string of the molecule is CN(C)C(N)=NCc1ccccc1CN(C)C1CCCCC1.I. The monoisotopic (exact) mass is 430 g/mol. The van der Waals surface area contributed by atoms with Gasteiger partial charge in [0.15, 0.2) is 5.96 Å². The summed E-state index contributed by atoms with van der Waals surface area (Å²) in [6.45, 7) is 1.65. The van der Waals surface area contributed by atoms with E-state index in [0.29, 0.717) is 12.5 Å². The molecule has 0 aromatic heterocycles. The van der Waals surface area contributed by atoms with Crippen LogP contribution < -0.4 is 5.73 Å². The van der Waals surface area contributed by atoms with E-state index in [1.54, 1.807) is 0 Å². The predicted octanol–water partition coefficient (Wildman–Crippen LogP) is 3.45. The summed E-state index contributed by atoms with van der Waals surface area (Å²) in [6, 6.07) is 9.32. The third kappa shape index (κ3) is 6.30. The normalized spacial score (nSPS) is 16.3. The molecule has 4 nitrogen and oxygen atoms in total. The molecular weight excluding hydrogens is 399 g/mol. The largest absolute Gasteiger partial charge is 0.370 e. The van der Waals surface area contributed by atoms with Crippen LogP contribution in [0, 0.1) is 0 Å². The van der Waals surface area contributed by atoms with Crippen molar-refractivity contribution in [1.82, 2.24) is 9.80 Å². The number of hydrogen-bond donors (Lipinski definition) is 1. The smallest absolute Gasteiger partial charge is 0.191 e. The minimum atomic E-state index is 0. The first-order chi connectivity index (χ1) is 10.6. The first-order valence-corrected chi connectivity index (χ1v) is 8.32. The Hall–Kier alpha value is -0.820. The molecular formula is C18H31IN4. The fourth-order valence-electron chi connectivity index (χ4n) is 3.09. The maximum Gasteiger partial charge on any atom is 0.191 e. The highest BCUT2D eigenvalue weighted by Gasteiger charge is 2.18. The number of halogens is 1. The lowest BCUT2D eigenvalue weighted by atomic mass is 9.94. The summed E-state index contributed by atoms with van der Waals surface area (Å²) in [5.41, 5.74) is 8.54. The molecule has 2 rings (SSSR count). The number of aliphatic imine (C=N–C) groups is 1. The van der Waals surface area contributed by atoms with Crippen molar-refractivity contribution < 1.29 is 0 Å². The van der Waals surface area contributed by atoms with Gasteiger partial charge in [-0.2, -0.15) is 0 Å². The summed E-state index contributed by atoms with van der Waals surface area (Å²) in [5, 5.41) is 0. The van der Waals surface area contributed by atoms with Gasteiger partial charge in [0.1, 0.15) is 0 Å². The van der Waals surface area contributed by atoms with Gasteiger partial charge in [0.2, 0.25) is 0 Å². The van der Waals surface area contributed by atoms with Crippen LogP contribution in [0.1, 0.15) is 43.2 Å². The fourth-order valence-corrected chi connectivity index (χ4v) is 3.09. The second kappa shape index (κ2) is 10.1. The maximum atomic E-state index is 5.90. The number of nitrogens with two attached hydrogens (primary N) is 1. The van der Waals surface area contributed by atoms with Crippen molar-refractivity contribution in [3.05, 3.63) is 35.4 Å². The lowest BCUT2D eigenvalue weighted by molar-refractivity contribution is 0.184. The van der Waals surface area contributed by atoms with Crippen LogP contribution in [0.4, 0.5) is 0 Å². The van der Waals surface area contributed by atoms with Gasteiger partial charge < -0.3 is 10.6 Å². The molecule has 0 bridgehead atoms. The summed E-state index contributed by atoms with van der Waals surface area (Å²) >= 11 is 0. The van der Waals surface area contributed by atoms with Crippen LogP contribution in [0.2, 0.25) is 0 Å². The van der Waals surface area contributed by atoms with E-state index in [0.717, 1.165) is 12.6 Å². The lowest BCUT2D eigenvalue weighted by Gasteiger charge is -2.31. The summed E-state index contributed by atoms with van der Waals surface area (Å²) in [4.78, 5) is 8.83. The van der Waals surface area contributed by atoms with Crippen molar-refractivity contribution in [2.45, 2.75) is 51.2 Å². The molecule has 1 aromatic carbocycles. The van der Waals surface area contributed by atoms with Gasteiger partial charge in [-0.1, -0.05) is 43.5 Å². The van der Waals surface area contributed by atoms with E-state index in [-0.39, 0.29) is 24.0 Å². The fraction of sp³-hybridized carbons (Fsp3) is 0.611. The van der Waals surface area contributed by atoms with E-state index in [1.165, 1.54) is 43.2 Å². The van der Waals surface area contributed by atoms with E-state index >= 15 is 0 Å². The molecule has 0 atom stereocenters. The van der Waals surface area contributed by atoms with E-state index < -0.39 is 0 Å². The number of guanidine groups is 1. The molecule has 0 saturated heterocycles. The molecule has 0 amide bonds. The minimum absolute atomic E-state index is 0. The molecule has 2 N–H and O–H groups in total. The summed E-state index contributed by atoms with van der Waals surface area (Å²) in [5.74, 6) is 0.579. The molecule has 0 aliphatic heterocycles. The van der Waals surface area contributed by atoms with Crippen LogP contribution in [-0.4, -0.2) is 42.9 Å². The van der Waals surface area contributed by atoms with Gasteiger partial charge >= 0.3 is 0 Å². The average molecular weight is 430 g/mol. The van der Waals surface area contributed by atoms with Gasteiger partial charge in [0.25, 0.3) is 0 Å². The van der Waals surface area contributed by atoms with Gasteiger partial charge in [-0.05, 0) is 31.0 Å².